The van der Waals surface area contributed by atoms with Gasteiger partial charge in [0, 0.05) is 49.5 Å². The number of likely N-dealkylation sites (tertiary alicyclic amines) is 1. The molecule has 0 radical (unpaired) electrons. The third-order valence-electron chi connectivity index (χ3n) is 4.79. The zero-order valence-corrected chi connectivity index (χ0v) is 13.1. The van der Waals surface area contributed by atoms with Gasteiger partial charge >= 0.3 is 0 Å². The molecular weight excluding hydrogens is 278 g/mol. The van der Waals surface area contributed by atoms with Gasteiger partial charge in [0.1, 0.15) is 5.82 Å². The Balaban J connectivity index is 1.77. The summed E-state index contributed by atoms with van der Waals surface area (Å²) < 4.78 is 0. The molecule has 2 saturated heterocycles. The van der Waals surface area contributed by atoms with E-state index in [9.17, 15) is 4.79 Å². The molecule has 2 fully saturated rings. The molecule has 1 amide bonds. The first-order valence-corrected chi connectivity index (χ1v) is 8.09. The fraction of sp³-hybridized carbons (Fsp3) is 0.625. The Kier molecular flexibility index (Phi) is 4.31. The first-order chi connectivity index (χ1) is 10.6. The number of anilines is 1. The maximum absolute atomic E-state index is 12.6. The van der Waals surface area contributed by atoms with Gasteiger partial charge in [0.15, 0.2) is 0 Å². The minimum absolute atomic E-state index is 0.00304. The van der Waals surface area contributed by atoms with Crippen LogP contribution in [0.3, 0.4) is 0 Å². The standard InChI is InChI=1S/C16H25N5O/c1-11-4-2-3-7-21(11)15-8-12(5-6-19-15)16(22)20-9-13(17)14(18)10-20/h5-6,8,11,13-14H,2-4,7,9-10,17-18H2,1H3/t11?,13-,14-/m1/s1. The van der Waals surface area contributed by atoms with E-state index in [1.54, 1.807) is 17.2 Å². The number of amides is 1. The maximum Gasteiger partial charge on any atom is 0.254 e. The van der Waals surface area contributed by atoms with E-state index in [0.29, 0.717) is 24.7 Å². The van der Waals surface area contributed by atoms with Gasteiger partial charge in [-0.1, -0.05) is 0 Å². The van der Waals surface area contributed by atoms with Crippen molar-refractivity contribution in [2.75, 3.05) is 24.5 Å². The van der Waals surface area contributed by atoms with E-state index in [4.69, 9.17) is 11.5 Å². The number of hydrogen-bond donors (Lipinski definition) is 2. The molecule has 0 aliphatic carbocycles. The number of rotatable bonds is 2. The lowest BCUT2D eigenvalue weighted by atomic mass is 10.0. The fourth-order valence-electron chi connectivity index (χ4n) is 3.35. The van der Waals surface area contributed by atoms with Crippen LogP contribution in [0.4, 0.5) is 5.82 Å². The monoisotopic (exact) mass is 303 g/mol. The molecule has 3 heterocycles. The Morgan fingerprint density at radius 1 is 1.27 bits per heavy atom. The number of pyridine rings is 1. The molecule has 1 aromatic heterocycles. The van der Waals surface area contributed by atoms with Gasteiger partial charge in [0.25, 0.3) is 5.91 Å². The van der Waals surface area contributed by atoms with Crippen LogP contribution in [0.15, 0.2) is 18.3 Å². The van der Waals surface area contributed by atoms with Gasteiger partial charge in [-0.15, -0.1) is 0 Å². The van der Waals surface area contributed by atoms with Gasteiger partial charge in [-0.2, -0.15) is 0 Å². The minimum Gasteiger partial charge on any atom is -0.354 e. The second-order valence-corrected chi connectivity index (χ2v) is 6.48. The molecule has 0 saturated carbocycles. The van der Waals surface area contributed by atoms with Crippen molar-refractivity contribution in [2.45, 2.75) is 44.3 Å². The van der Waals surface area contributed by atoms with Crippen molar-refractivity contribution in [1.29, 1.82) is 0 Å². The van der Waals surface area contributed by atoms with Crippen LogP contribution >= 0.6 is 0 Å². The van der Waals surface area contributed by atoms with E-state index >= 15 is 0 Å². The van der Waals surface area contributed by atoms with Crippen molar-refractivity contribution < 1.29 is 4.79 Å². The fourth-order valence-corrected chi connectivity index (χ4v) is 3.35. The highest BCUT2D eigenvalue weighted by molar-refractivity contribution is 5.95. The Morgan fingerprint density at radius 2 is 2.00 bits per heavy atom. The zero-order chi connectivity index (χ0) is 15.7. The normalized spacial score (nSPS) is 29.0. The number of nitrogens with zero attached hydrogens (tertiary/aromatic N) is 3. The number of carbonyl (C=O) groups excluding carboxylic acids is 1. The van der Waals surface area contributed by atoms with Crippen LogP contribution in [0.2, 0.25) is 0 Å². The lowest BCUT2D eigenvalue weighted by Crippen LogP contribution is -2.39. The average Bonchev–Trinajstić information content (AvgIpc) is 2.86. The predicted molar refractivity (Wildman–Crippen MR) is 86.8 cm³/mol. The number of aromatic nitrogens is 1. The van der Waals surface area contributed by atoms with Crippen molar-refractivity contribution in [1.82, 2.24) is 9.88 Å². The second kappa shape index (κ2) is 6.22. The Morgan fingerprint density at radius 3 is 2.68 bits per heavy atom. The highest BCUT2D eigenvalue weighted by Gasteiger charge is 2.31. The smallest absolute Gasteiger partial charge is 0.254 e. The minimum atomic E-state index is -0.132. The molecule has 0 spiro atoms. The van der Waals surface area contributed by atoms with Gasteiger partial charge in [0.05, 0.1) is 0 Å². The molecule has 1 unspecified atom stereocenters. The molecule has 2 aliphatic heterocycles. The van der Waals surface area contributed by atoms with Crippen LogP contribution in [0.5, 0.6) is 0 Å². The summed E-state index contributed by atoms with van der Waals surface area (Å²) in [4.78, 5) is 21.1. The van der Waals surface area contributed by atoms with Crippen LogP contribution < -0.4 is 16.4 Å². The first kappa shape index (κ1) is 15.2. The molecule has 6 nitrogen and oxygen atoms in total. The highest BCUT2D eigenvalue weighted by atomic mass is 16.2. The molecule has 3 atom stereocenters. The topological polar surface area (TPSA) is 88.5 Å². The third kappa shape index (κ3) is 2.94. The van der Waals surface area contributed by atoms with Crippen molar-refractivity contribution in [3.8, 4) is 0 Å². The van der Waals surface area contributed by atoms with E-state index in [2.05, 4.69) is 16.8 Å². The lowest BCUT2D eigenvalue weighted by Gasteiger charge is -2.34. The largest absolute Gasteiger partial charge is 0.354 e. The van der Waals surface area contributed by atoms with Gasteiger partial charge in [0.2, 0.25) is 0 Å². The summed E-state index contributed by atoms with van der Waals surface area (Å²) >= 11 is 0. The maximum atomic E-state index is 12.6. The van der Waals surface area contributed by atoms with Crippen molar-refractivity contribution in [3.05, 3.63) is 23.9 Å². The molecule has 0 aromatic carbocycles. The Bertz CT molecular complexity index is 539. The molecule has 120 valence electrons. The number of hydrogen-bond acceptors (Lipinski definition) is 5. The molecule has 4 N–H and O–H groups in total. The van der Waals surface area contributed by atoms with Crippen LogP contribution in [0, 0.1) is 0 Å². The van der Waals surface area contributed by atoms with Crippen molar-refractivity contribution in [2.24, 2.45) is 11.5 Å². The Labute approximate surface area is 131 Å². The number of piperidine rings is 1. The zero-order valence-electron chi connectivity index (χ0n) is 13.1. The van der Waals surface area contributed by atoms with E-state index in [1.807, 2.05) is 6.07 Å². The molecular formula is C16H25N5O. The van der Waals surface area contributed by atoms with E-state index in [-0.39, 0.29) is 18.0 Å². The molecule has 22 heavy (non-hydrogen) atoms. The third-order valence-corrected chi connectivity index (χ3v) is 4.79. The quantitative estimate of drug-likeness (QED) is 0.834. The summed E-state index contributed by atoms with van der Waals surface area (Å²) in [5, 5.41) is 0. The van der Waals surface area contributed by atoms with E-state index < -0.39 is 0 Å². The Hall–Kier alpha value is -1.66. The molecule has 1 aromatic rings. The highest BCUT2D eigenvalue weighted by Crippen LogP contribution is 2.24. The van der Waals surface area contributed by atoms with E-state index in [1.165, 1.54) is 19.3 Å². The van der Waals surface area contributed by atoms with Crippen LogP contribution in [0.25, 0.3) is 0 Å². The van der Waals surface area contributed by atoms with Crippen molar-refractivity contribution >= 4 is 11.7 Å². The summed E-state index contributed by atoms with van der Waals surface area (Å²) in [6.45, 7) is 4.27. The molecule has 0 bridgehead atoms. The predicted octanol–water partition coefficient (Wildman–Crippen LogP) is 0.571. The van der Waals surface area contributed by atoms with Gasteiger partial charge in [-0.3, -0.25) is 4.79 Å². The van der Waals surface area contributed by atoms with Gasteiger partial charge < -0.3 is 21.3 Å². The number of nitrogens with two attached hydrogens (primary N) is 2. The SMILES string of the molecule is CC1CCCCN1c1cc(C(=O)N2C[C@@H](N)[C@H](N)C2)ccn1. The van der Waals surface area contributed by atoms with Crippen LogP contribution in [0.1, 0.15) is 36.5 Å². The molecule has 2 aliphatic rings. The van der Waals surface area contributed by atoms with Crippen molar-refractivity contribution in [3.63, 3.8) is 0 Å². The van der Waals surface area contributed by atoms with Gasteiger partial charge in [-0.05, 0) is 38.3 Å². The van der Waals surface area contributed by atoms with Crippen LogP contribution in [-0.2, 0) is 0 Å². The number of carbonyl (C=O) groups is 1. The summed E-state index contributed by atoms with van der Waals surface area (Å²) in [5.41, 5.74) is 12.5. The summed E-state index contributed by atoms with van der Waals surface area (Å²) in [6, 6.07) is 3.88. The second-order valence-electron chi connectivity index (χ2n) is 6.48. The van der Waals surface area contributed by atoms with Crippen LogP contribution in [-0.4, -0.2) is 53.6 Å². The molecule has 6 heteroatoms. The molecule has 3 rings (SSSR count). The van der Waals surface area contributed by atoms with Gasteiger partial charge in [-0.25, -0.2) is 4.98 Å². The summed E-state index contributed by atoms with van der Waals surface area (Å²) in [5.74, 6) is 0.891. The average molecular weight is 303 g/mol. The van der Waals surface area contributed by atoms with E-state index in [0.717, 1.165) is 12.4 Å². The summed E-state index contributed by atoms with van der Waals surface area (Å²) in [6.07, 6.45) is 5.34. The first-order valence-electron chi connectivity index (χ1n) is 8.09. The summed E-state index contributed by atoms with van der Waals surface area (Å²) in [7, 11) is 0. The lowest BCUT2D eigenvalue weighted by molar-refractivity contribution is 0.0789.